The minimum atomic E-state index is -2.08. The smallest absolute Gasteiger partial charge is 0.402 e. The van der Waals surface area contributed by atoms with Gasteiger partial charge in [-0.05, 0) is 85.6 Å². The molecular formula is C31H35BrN8O4Si. The highest BCUT2D eigenvalue weighted by atomic mass is 79.9. The zero-order valence-electron chi connectivity index (χ0n) is 25.8. The third-order valence-corrected chi connectivity index (χ3v) is 10.7. The number of carbonyl (C=O) groups is 1. The van der Waals surface area contributed by atoms with E-state index in [4.69, 9.17) is 14.5 Å². The Balaban J connectivity index is 1.22. The highest BCUT2D eigenvalue weighted by molar-refractivity contribution is 9.10. The quantitative estimate of drug-likeness (QED) is 0.224. The first-order valence-electron chi connectivity index (χ1n) is 14.6. The van der Waals surface area contributed by atoms with Crippen LogP contribution >= 0.6 is 15.9 Å². The Labute approximate surface area is 270 Å². The molecule has 1 amide bonds. The van der Waals surface area contributed by atoms with Gasteiger partial charge in [-0.25, -0.2) is 24.7 Å². The summed E-state index contributed by atoms with van der Waals surface area (Å²) in [6.45, 7) is 8.50. The third kappa shape index (κ3) is 6.58. The van der Waals surface area contributed by atoms with Gasteiger partial charge in [0, 0.05) is 38.1 Å². The van der Waals surface area contributed by atoms with E-state index >= 15 is 0 Å². The number of benzene rings is 2. The van der Waals surface area contributed by atoms with E-state index in [1.807, 2.05) is 81.8 Å². The van der Waals surface area contributed by atoms with Crippen LogP contribution in [0.3, 0.4) is 0 Å². The van der Waals surface area contributed by atoms with Gasteiger partial charge in [0.2, 0.25) is 0 Å². The fourth-order valence-electron chi connectivity index (χ4n) is 5.31. The second-order valence-corrected chi connectivity index (χ2v) is 15.6. The van der Waals surface area contributed by atoms with Crippen molar-refractivity contribution in [2.75, 3.05) is 35.7 Å². The second kappa shape index (κ2) is 12.3. The van der Waals surface area contributed by atoms with Gasteiger partial charge in [0.15, 0.2) is 14.8 Å². The van der Waals surface area contributed by atoms with Crippen LogP contribution in [0.1, 0.15) is 26.3 Å². The van der Waals surface area contributed by atoms with Gasteiger partial charge in [0.25, 0.3) is 0 Å². The van der Waals surface area contributed by atoms with Gasteiger partial charge >= 0.3 is 6.09 Å². The number of amides is 1. The number of hydrogen-bond donors (Lipinski definition) is 2. The first-order chi connectivity index (χ1) is 21.5. The SMILES string of the molecule is Cc1cc(Nc2ncnc3cc(Br)c(N4CCN(C(=O)OC(C)(C)C)[Si@H](CO)C4)nc23)ccc1Oc1ccc2c(c1)ncn2C. The van der Waals surface area contributed by atoms with Crippen LogP contribution < -0.4 is 15.0 Å². The van der Waals surface area contributed by atoms with E-state index in [0.717, 1.165) is 32.5 Å². The van der Waals surface area contributed by atoms with Crippen molar-refractivity contribution >= 4 is 70.4 Å². The molecule has 1 fully saturated rings. The van der Waals surface area contributed by atoms with Crippen molar-refractivity contribution in [2.45, 2.75) is 33.3 Å². The van der Waals surface area contributed by atoms with Gasteiger partial charge in [0.05, 0.1) is 33.6 Å². The molecule has 2 aromatic carbocycles. The maximum atomic E-state index is 12.8. The fraction of sp³-hybridized carbons (Fsp3) is 0.323. The predicted octanol–water partition coefficient (Wildman–Crippen LogP) is 5.37. The number of anilines is 3. The van der Waals surface area contributed by atoms with E-state index in [1.165, 1.54) is 6.33 Å². The molecule has 14 heteroatoms. The third-order valence-electron chi connectivity index (χ3n) is 7.53. The molecule has 1 aliphatic heterocycles. The average molecular weight is 692 g/mol. The van der Waals surface area contributed by atoms with Crippen LogP contribution in [-0.4, -0.2) is 80.3 Å². The monoisotopic (exact) mass is 690 g/mol. The van der Waals surface area contributed by atoms with E-state index in [1.54, 1.807) is 10.9 Å². The highest BCUT2D eigenvalue weighted by Gasteiger charge is 2.35. The number of nitrogens with zero attached hydrogens (tertiary/aromatic N) is 7. The summed E-state index contributed by atoms with van der Waals surface area (Å²) in [5, 5.41) is 13.6. The molecule has 234 valence electrons. The molecule has 6 rings (SSSR count). The number of hydrogen-bond acceptors (Lipinski definition) is 10. The number of aromatic nitrogens is 5. The van der Waals surface area contributed by atoms with Gasteiger partial charge in [-0.15, -0.1) is 0 Å². The number of carbonyl (C=O) groups excluding carboxylic acids is 1. The Bertz CT molecular complexity index is 1900. The van der Waals surface area contributed by atoms with Crippen molar-refractivity contribution in [1.29, 1.82) is 0 Å². The standard InChI is InChI=1S/C31H35BrN8O4Si/c1-19-12-20(6-9-26(19)43-21-7-8-25-23(13-21)35-16-38(25)5)36-28-27-24(33-15-34-28)14-22(32)29(37-27)39-10-11-40(45(17-39)18-41)30(42)44-31(2,3)4/h6-9,12-16,41,45H,10-11,17-18H2,1-5H3,(H,33,34,36)/t45-/m0/s1. The molecule has 1 saturated heterocycles. The van der Waals surface area contributed by atoms with E-state index in [0.29, 0.717) is 47.7 Å². The Morgan fingerprint density at radius 1 is 1.09 bits per heavy atom. The van der Waals surface area contributed by atoms with Crippen LogP contribution in [-0.2, 0) is 11.8 Å². The molecule has 1 aliphatic rings. The molecule has 1 atom stereocenters. The van der Waals surface area contributed by atoms with E-state index in [9.17, 15) is 9.90 Å². The Kier molecular flexibility index (Phi) is 8.37. The van der Waals surface area contributed by atoms with Crippen molar-refractivity contribution in [3.63, 3.8) is 0 Å². The molecule has 12 nitrogen and oxygen atoms in total. The van der Waals surface area contributed by atoms with Gasteiger partial charge in [-0.1, -0.05) is 0 Å². The van der Waals surface area contributed by atoms with Crippen molar-refractivity contribution in [3.05, 3.63) is 65.2 Å². The number of fused-ring (bicyclic) bond motifs is 2. The largest absolute Gasteiger partial charge is 0.457 e. The van der Waals surface area contributed by atoms with Crippen LogP contribution in [0, 0.1) is 6.92 Å². The Morgan fingerprint density at radius 2 is 1.91 bits per heavy atom. The van der Waals surface area contributed by atoms with E-state index in [2.05, 4.69) is 41.1 Å². The van der Waals surface area contributed by atoms with Crippen molar-refractivity contribution in [1.82, 2.24) is 29.1 Å². The number of halogens is 1. The summed E-state index contributed by atoms with van der Waals surface area (Å²) in [4.78, 5) is 33.3. The van der Waals surface area contributed by atoms with Crippen molar-refractivity contribution in [3.8, 4) is 11.5 Å². The minimum absolute atomic E-state index is 0.0618. The Morgan fingerprint density at radius 3 is 2.67 bits per heavy atom. The fourth-order valence-corrected chi connectivity index (χ4v) is 8.08. The topological polar surface area (TPSA) is 131 Å². The summed E-state index contributed by atoms with van der Waals surface area (Å²) < 4.78 is 16.3. The van der Waals surface area contributed by atoms with Gasteiger partial charge < -0.3 is 33.9 Å². The summed E-state index contributed by atoms with van der Waals surface area (Å²) in [5.41, 5.74) is 4.36. The first kappa shape index (κ1) is 30.7. The van der Waals surface area contributed by atoms with Crippen molar-refractivity contribution in [2.24, 2.45) is 7.05 Å². The highest BCUT2D eigenvalue weighted by Crippen LogP contribution is 2.34. The van der Waals surface area contributed by atoms with Gasteiger partial charge in [-0.3, -0.25) is 0 Å². The molecule has 5 aromatic rings. The summed E-state index contributed by atoms with van der Waals surface area (Å²) in [5.74, 6) is 2.72. The summed E-state index contributed by atoms with van der Waals surface area (Å²) in [6, 6.07) is 13.6. The lowest BCUT2D eigenvalue weighted by Gasteiger charge is -2.41. The summed E-state index contributed by atoms with van der Waals surface area (Å²) in [7, 11) is -0.116. The number of imidazole rings is 1. The molecule has 0 aliphatic carbocycles. The molecule has 2 N–H and O–H groups in total. The zero-order chi connectivity index (χ0) is 31.9. The van der Waals surface area contributed by atoms with Crippen LogP contribution in [0.25, 0.3) is 22.1 Å². The lowest BCUT2D eigenvalue weighted by molar-refractivity contribution is 0.0371. The predicted molar refractivity (Wildman–Crippen MR) is 180 cm³/mol. The number of ether oxygens (including phenoxy) is 2. The molecule has 4 heterocycles. The normalized spacial score (nSPS) is 15.5. The first-order valence-corrected chi connectivity index (χ1v) is 17.6. The lowest BCUT2D eigenvalue weighted by atomic mass is 10.2. The van der Waals surface area contributed by atoms with Gasteiger partial charge in [0.1, 0.15) is 34.8 Å². The summed E-state index contributed by atoms with van der Waals surface area (Å²) in [6.07, 6.45) is 3.38. The Hall–Kier alpha value is -4.27. The van der Waals surface area contributed by atoms with Crippen LogP contribution in [0.15, 0.2) is 59.6 Å². The molecule has 0 saturated carbocycles. The summed E-state index contributed by atoms with van der Waals surface area (Å²) >= 11 is 3.67. The number of rotatable bonds is 6. The molecule has 0 spiro atoms. The van der Waals surface area contributed by atoms with Crippen LogP contribution in [0.2, 0.25) is 0 Å². The van der Waals surface area contributed by atoms with Crippen LogP contribution in [0.5, 0.6) is 11.5 Å². The number of aryl methyl sites for hydroxylation is 2. The second-order valence-electron chi connectivity index (χ2n) is 12.1. The average Bonchev–Trinajstić information content (AvgIpc) is 3.36. The minimum Gasteiger partial charge on any atom is -0.457 e. The molecule has 0 radical (unpaired) electrons. The zero-order valence-corrected chi connectivity index (χ0v) is 28.5. The molecule has 0 bridgehead atoms. The van der Waals surface area contributed by atoms with Gasteiger partial charge in [-0.2, -0.15) is 0 Å². The van der Waals surface area contributed by atoms with Crippen molar-refractivity contribution < 1.29 is 19.4 Å². The van der Waals surface area contributed by atoms with E-state index in [-0.39, 0.29) is 12.3 Å². The molecule has 0 unspecified atom stereocenters. The molecule has 45 heavy (non-hydrogen) atoms. The van der Waals surface area contributed by atoms with E-state index < -0.39 is 14.6 Å². The number of aliphatic hydroxyl groups is 1. The number of pyridine rings is 1. The maximum Gasteiger partial charge on any atom is 0.402 e. The molecular weight excluding hydrogens is 656 g/mol. The number of nitrogens with one attached hydrogen (secondary N) is 1. The van der Waals surface area contributed by atoms with Crippen LogP contribution in [0.4, 0.5) is 22.1 Å². The number of aliphatic hydroxyl groups excluding tert-OH is 1. The maximum absolute atomic E-state index is 12.8. The lowest BCUT2D eigenvalue weighted by Crippen LogP contribution is -2.61. The molecule has 3 aromatic heterocycles.